The maximum Gasteiger partial charge on any atom is 0.217 e. The summed E-state index contributed by atoms with van der Waals surface area (Å²) in [5, 5.41) is 30.8. The van der Waals surface area contributed by atoms with Gasteiger partial charge in [-0.25, -0.2) is 0 Å². The Morgan fingerprint density at radius 3 is 2.73 bits per heavy atom. The van der Waals surface area contributed by atoms with Crippen molar-refractivity contribution in [1.29, 1.82) is 0 Å². The van der Waals surface area contributed by atoms with Crippen molar-refractivity contribution in [3.8, 4) is 0 Å². The zero-order valence-corrected chi connectivity index (χ0v) is 8.80. The van der Waals surface area contributed by atoms with Crippen molar-refractivity contribution >= 4 is 5.91 Å². The molecule has 0 bridgehead atoms. The molecular formula is C9H17NO5. The molecule has 4 N–H and O–H groups in total. The van der Waals surface area contributed by atoms with Crippen LogP contribution in [0, 0.1) is 0 Å². The van der Waals surface area contributed by atoms with Gasteiger partial charge in [-0.15, -0.1) is 0 Å². The minimum Gasteiger partial charge on any atom is -0.394 e. The molecule has 0 saturated carbocycles. The number of hydrogen-bond acceptors (Lipinski definition) is 5. The van der Waals surface area contributed by atoms with Crippen LogP contribution in [0.3, 0.4) is 0 Å². The summed E-state index contributed by atoms with van der Waals surface area (Å²) >= 11 is 0. The second-order valence-electron chi connectivity index (χ2n) is 3.95. The summed E-state index contributed by atoms with van der Waals surface area (Å²) in [6.07, 6.45) is -1.56. The van der Waals surface area contributed by atoms with E-state index in [0.29, 0.717) is 0 Å². The quantitative estimate of drug-likeness (QED) is 0.445. The second kappa shape index (κ2) is 4.44. The van der Waals surface area contributed by atoms with E-state index in [1.807, 2.05) is 0 Å². The molecule has 0 aromatic carbocycles. The van der Waals surface area contributed by atoms with E-state index in [1.54, 1.807) is 0 Å². The molecule has 0 unspecified atom stereocenters. The monoisotopic (exact) mass is 219 g/mol. The molecule has 0 aromatic rings. The Kier molecular flexibility index (Phi) is 3.67. The van der Waals surface area contributed by atoms with Gasteiger partial charge in [-0.3, -0.25) is 4.79 Å². The van der Waals surface area contributed by atoms with Crippen molar-refractivity contribution < 1.29 is 24.9 Å². The van der Waals surface area contributed by atoms with Gasteiger partial charge in [0.25, 0.3) is 0 Å². The molecule has 1 saturated heterocycles. The van der Waals surface area contributed by atoms with Crippen molar-refractivity contribution in [2.24, 2.45) is 0 Å². The first kappa shape index (κ1) is 12.4. The van der Waals surface area contributed by atoms with Crippen molar-refractivity contribution in [2.75, 3.05) is 6.61 Å². The summed E-state index contributed by atoms with van der Waals surface area (Å²) in [6.45, 7) is 2.34. The Morgan fingerprint density at radius 2 is 2.27 bits per heavy atom. The smallest absolute Gasteiger partial charge is 0.217 e. The molecule has 1 aliphatic heterocycles. The normalized spacial score (nSPS) is 41.3. The summed E-state index contributed by atoms with van der Waals surface area (Å²) in [5.41, 5.74) is 0. The number of hydrogen-bond donors (Lipinski definition) is 4. The number of carbonyl (C=O) groups is 1. The fourth-order valence-electron chi connectivity index (χ4n) is 1.68. The maximum atomic E-state index is 10.8. The highest BCUT2D eigenvalue weighted by Crippen LogP contribution is 2.26. The molecule has 1 rings (SSSR count). The van der Waals surface area contributed by atoms with Crippen LogP contribution in [-0.2, 0) is 9.53 Å². The van der Waals surface area contributed by atoms with Gasteiger partial charge in [0.15, 0.2) is 5.79 Å². The lowest BCUT2D eigenvalue weighted by Gasteiger charge is -2.43. The Hall–Kier alpha value is -0.690. The van der Waals surface area contributed by atoms with Gasteiger partial charge in [-0.2, -0.15) is 0 Å². The molecule has 0 radical (unpaired) electrons. The van der Waals surface area contributed by atoms with Crippen LogP contribution in [0.15, 0.2) is 0 Å². The first-order chi connectivity index (χ1) is 6.86. The van der Waals surface area contributed by atoms with E-state index < -0.39 is 24.0 Å². The first-order valence-electron chi connectivity index (χ1n) is 4.83. The number of rotatable bonds is 2. The number of nitrogens with one attached hydrogen (secondary N) is 1. The highest BCUT2D eigenvalue weighted by molar-refractivity contribution is 5.73. The van der Waals surface area contributed by atoms with Gasteiger partial charge in [-0.05, 0) is 6.92 Å². The Morgan fingerprint density at radius 1 is 1.67 bits per heavy atom. The van der Waals surface area contributed by atoms with Gasteiger partial charge >= 0.3 is 0 Å². The van der Waals surface area contributed by atoms with Crippen LogP contribution in [0.4, 0.5) is 0 Å². The summed E-state index contributed by atoms with van der Waals surface area (Å²) in [5.74, 6) is -1.88. The Labute approximate surface area is 87.9 Å². The Balaban J connectivity index is 2.70. The van der Waals surface area contributed by atoms with Gasteiger partial charge < -0.3 is 25.4 Å². The summed E-state index contributed by atoms with van der Waals surface area (Å²) in [4.78, 5) is 10.8. The van der Waals surface area contributed by atoms with Crippen LogP contribution >= 0.6 is 0 Å². The molecule has 0 aliphatic carbocycles. The number of aliphatic hydroxyl groups excluding tert-OH is 2. The van der Waals surface area contributed by atoms with E-state index in [2.05, 4.69) is 5.32 Å². The third-order valence-electron chi connectivity index (χ3n) is 2.50. The predicted molar refractivity (Wildman–Crippen MR) is 50.8 cm³/mol. The molecular weight excluding hydrogens is 202 g/mol. The number of ether oxygens (including phenoxy) is 1. The van der Waals surface area contributed by atoms with E-state index in [0.717, 1.165) is 0 Å². The minimum atomic E-state index is -1.57. The van der Waals surface area contributed by atoms with Crippen LogP contribution in [0.25, 0.3) is 0 Å². The molecule has 1 aliphatic rings. The molecule has 1 heterocycles. The van der Waals surface area contributed by atoms with Crippen molar-refractivity contribution in [3.05, 3.63) is 0 Å². The van der Waals surface area contributed by atoms with Crippen molar-refractivity contribution in [2.45, 2.75) is 44.3 Å². The lowest BCUT2D eigenvalue weighted by Crippen LogP contribution is -2.61. The predicted octanol–water partition coefficient (Wildman–Crippen LogP) is -1.66. The number of amides is 1. The highest BCUT2D eigenvalue weighted by Gasteiger charge is 2.44. The van der Waals surface area contributed by atoms with E-state index in [9.17, 15) is 15.0 Å². The molecule has 4 atom stereocenters. The fraction of sp³-hybridized carbons (Fsp3) is 0.889. The molecule has 0 aromatic heterocycles. The number of aliphatic hydroxyl groups is 3. The largest absolute Gasteiger partial charge is 0.394 e. The van der Waals surface area contributed by atoms with E-state index >= 15 is 0 Å². The topological polar surface area (TPSA) is 99.0 Å². The van der Waals surface area contributed by atoms with E-state index in [1.165, 1.54) is 13.8 Å². The van der Waals surface area contributed by atoms with Crippen LogP contribution in [0.2, 0.25) is 0 Å². The van der Waals surface area contributed by atoms with Crippen LogP contribution in [-0.4, -0.2) is 51.9 Å². The van der Waals surface area contributed by atoms with Gasteiger partial charge in [0.1, 0.15) is 6.10 Å². The maximum absolute atomic E-state index is 10.8. The average molecular weight is 219 g/mol. The molecule has 1 fully saturated rings. The van der Waals surface area contributed by atoms with Crippen LogP contribution in [0.1, 0.15) is 20.3 Å². The zero-order chi connectivity index (χ0) is 11.6. The lowest BCUT2D eigenvalue weighted by atomic mass is 9.94. The first-order valence-corrected chi connectivity index (χ1v) is 4.83. The lowest BCUT2D eigenvalue weighted by molar-refractivity contribution is -0.284. The molecule has 6 nitrogen and oxygen atoms in total. The third-order valence-corrected chi connectivity index (χ3v) is 2.50. The molecule has 88 valence electrons. The van der Waals surface area contributed by atoms with E-state index in [-0.39, 0.29) is 18.9 Å². The summed E-state index contributed by atoms with van der Waals surface area (Å²) < 4.78 is 5.09. The van der Waals surface area contributed by atoms with Gasteiger partial charge in [0, 0.05) is 13.3 Å². The molecule has 6 heteroatoms. The van der Waals surface area contributed by atoms with E-state index in [4.69, 9.17) is 9.84 Å². The third kappa shape index (κ3) is 2.88. The van der Waals surface area contributed by atoms with Gasteiger partial charge in [-0.1, -0.05) is 0 Å². The fourth-order valence-corrected chi connectivity index (χ4v) is 1.68. The molecule has 0 spiro atoms. The number of carbonyl (C=O) groups excluding carboxylic acids is 1. The standard InChI is InChI=1S/C9H17NO5/c1-5(12)10-8-3-6(13)7(4-11)15-9(8,2)14/h6-8,11,13-14H,3-4H2,1-2H3,(H,10,12)/t6-,7+,8-,9-/m0/s1. The second-order valence-corrected chi connectivity index (χ2v) is 3.95. The van der Waals surface area contributed by atoms with Crippen molar-refractivity contribution in [3.63, 3.8) is 0 Å². The van der Waals surface area contributed by atoms with Gasteiger partial charge in [0.2, 0.25) is 5.91 Å². The SMILES string of the molecule is CC(=O)N[C@H]1C[C@H](O)[C@@H](CO)O[C@]1(C)O. The molecule has 15 heavy (non-hydrogen) atoms. The summed E-state index contributed by atoms with van der Waals surface area (Å²) in [6, 6.07) is -0.673. The average Bonchev–Trinajstić information content (AvgIpc) is 2.10. The zero-order valence-electron chi connectivity index (χ0n) is 8.80. The van der Waals surface area contributed by atoms with Crippen molar-refractivity contribution in [1.82, 2.24) is 5.32 Å². The highest BCUT2D eigenvalue weighted by atomic mass is 16.6. The Bertz CT molecular complexity index is 243. The van der Waals surface area contributed by atoms with Crippen LogP contribution < -0.4 is 5.32 Å². The van der Waals surface area contributed by atoms with Crippen LogP contribution in [0.5, 0.6) is 0 Å². The minimum absolute atomic E-state index is 0.151. The van der Waals surface area contributed by atoms with Gasteiger partial charge in [0.05, 0.1) is 18.8 Å². The molecule has 1 amide bonds. The summed E-state index contributed by atoms with van der Waals surface area (Å²) in [7, 11) is 0.